The van der Waals surface area contributed by atoms with Crippen molar-refractivity contribution in [2.45, 2.75) is 267 Å². The van der Waals surface area contributed by atoms with Gasteiger partial charge in [0.1, 0.15) is 91.6 Å². The van der Waals surface area contributed by atoms with Gasteiger partial charge in [-0.15, -0.1) is 0 Å². The van der Waals surface area contributed by atoms with Gasteiger partial charge in [-0.1, -0.05) is 60.1 Å². The van der Waals surface area contributed by atoms with Crippen molar-refractivity contribution in [3.63, 3.8) is 0 Å². The van der Waals surface area contributed by atoms with Crippen LogP contribution in [0.25, 0.3) is 0 Å². The molecule has 8 aliphatic rings. The number of hydrogen-bond donors (Lipinski definition) is 15. The van der Waals surface area contributed by atoms with E-state index in [1.54, 1.807) is 20.8 Å². The molecule has 4 aliphatic carbocycles. The van der Waals surface area contributed by atoms with Gasteiger partial charge in [0.05, 0.1) is 49.8 Å². The number of aliphatic hydroxyl groups excluding tert-OH is 14. The monoisotopic (exact) mass is 1120 g/mol. The molecule has 23 nitrogen and oxygen atoms in total. The van der Waals surface area contributed by atoms with E-state index in [-0.39, 0.29) is 47.3 Å². The third-order valence-electron chi connectivity index (χ3n) is 21.0. The van der Waals surface area contributed by atoms with Crippen LogP contribution in [0.3, 0.4) is 0 Å². The number of hydrogen-bond acceptors (Lipinski definition) is 23. The minimum Gasteiger partial charge on any atom is -0.394 e. The topological polar surface area (TPSA) is 377 Å². The van der Waals surface area contributed by atoms with Crippen molar-refractivity contribution in [2.75, 3.05) is 19.8 Å². The summed E-state index contributed by atoms with van der Waals surface area (Å²) < 4.78 is 48.2. The fourth-order valence-electron chi connectivity index (χ4n) is 15.8. The molecule has 4 aliphatic heterocycles. The fraction of sp³-hybridized carbons (Fsp3) is 0.964. The SMILES string of the molecule is CC[C@H]1O[C@H](OC[C@H]2O[C@@H](O[C@H](CC[C@@H](C)C3CC[C@@]4(C)C5CC=C6C(CC[C@H](O[C@@H]7O[C@H](CO)[C@@H](O)[C@H](O)[C@H]7O)C6(C)C)[C@]5(C)[C@H](O)C[C@]34C)C(C)(C)O)[C@H](O[C@H]3O[C@@H](CO)[C@H](O)[C@@H](O)[C@@H]3O)[C@@H](O)[C@@H]2O)[C@H](O)[C@@H](O)[C@@H]1O. The molecule has 4 heterocycles. The molecule has 0 aromatic heterocycles. The van der Waals surface area contributed by atoms with Crippen molar-refractivity contribution in [1.82, 2.24) is 0 Å². The lowest BCUT2D eigenvalue weighted by atomic mass is 9.38. The molecule has 78 heavy (non-hydrogen) atoms. The summed E-state index contributed by atoms with van der Waals surface area (Å²) in [6.45, 7) is 16.2. The predicted molar refractivity (Wildman–Crippen MR) is 271 cm³/mol. The maximum atomic E-state index is 12.7. The summed E-state index contributed by atoms with van der Waals surface area (Å²) >= 11 is 0. The lowest BCUT2D eigenvalue weighted by Gasteiger charge is -2.67. The molecule has 3 unspecified atom stereocenters. The first-order chi connectivity index (χ1) is 36.4. The molecule has 4 saturated heterocycles. The van der Waals surface area contributed by atoms with Crippen molar-refractivity contribution in [3.05, 3.63) is 11.6 Å². The number of aliphatic hydroxyl groups is 15. The van der Waals surface area contributed by atoms with E-state index in [2.05, 4.69) is 47.6 Å². The summed E-state index contributed by atoms with van der Waals surface area (Å²) in [5.41, 5.74) is -1.99. The number of rotatable bonds is 17. The Morgan fingerprint density at radius 3 is 1.71 bits per heavy atom. The third kappa shape index (κ3) is 11.0. The molecule has 7 fully saturated rings. The molecule has 0 aromatic carbocycles. The van der Waals surface area contributed by atoms with Crippen LogP contribution in [0.1, 0.15) is 120 Å². The Morgan fingerprint density at radius 1 is 0.615 bits per heavy atom. The first-order valence-corrected chi connectivity index (χ1v) is 28.4. The Balaban J connectivity index is 0.987. The smallest absolute Gasteiger partial charge is 0.187 e. The zero-order chi connectivity index (χ0) is 57.5. The summed E-state index contributed by atoms with van der Waals surface area (Å²) in [5, 5.41) is 163. The van der Waals surface area contributed by atoms with Crippen LogP contribution in [0.2, 0.25) is 0 Å². The summed E-state index contributed by atoms with van der Waals surface area (Å²) in [7, 11) is 0. The number of ether oxygens (including phenoxy) is 8. The maximum Gasteiger partial charge on any atom is 0.187 e. The van der Waals surface area contributed by atoms with Crippen LogP contribution in [-0.4, -0.2) is 243 Å². The molecule has 8 rings (SSSR count). The van der Waals surface area contributed by atoms with E-state index in [1.807, 2.05) is 0 Å². The Morgan fingerprint density at radius 2 is 1.14 bits per heavy atom. The van der Waals surface area contributed by atoms with E-state index in [4.69, 9.17) is 37.9 Å². The number of fused-ring (bicyclic) bond motifs is 5. The lowest BCUT2D eigenvalue weighted by molar-refractivity contribution is -0.380. The van der Waals surface area contributed by atoms with Gasteiger partial charge in [-0.2, -0.15) is 0 Å². The van der Waals surface area contributed by atoms with E-state index < -0.39 is 177 Å². The molecular formula is C55H94O23. The highest BCUT2D eigenvalue weighted by Crippen LogP contribution is 2.75. The highest BCUT2D eigenvalue weighted by atomic mass is 16.8. The van der Waals surface area contributed by atoms with Gasteiger partial charge in [-0.05, 0) is 106 Å². The van der Waals surface area contributed by atoms with Gasteiger partial charge in [0.25, 0.3) is 0 Å². The van der Waals surface area contributed by atoms with E-state index in [0.717, 1.165) is 19.3 Å². The average molecular weight is 1120 g/mol. The van der Waals surface area contributed by atoms with Gasteiger partial charge in [0, 0.05) is 10.8 Å². The van der Waals surface area contributed by atoms with Crippen LogP contribution in [0.15, 0.2) is 11.6 Å². The molecule has 0 bridgehead atoms. The van der Waals surface area contributed by atoms with Crippen LogP contribution >= 0.6 is 0 Å². The Kier molecular flexibility index (Phi) is 19.1. The fourth-order valence-corrected chi connectivity index (χ4v) is 15.8. The van der Waals surface area contributed by atoms with Crippen LogP contribution < -0.4 is 0 Å². The highest BCUT2D eigenvalue weighted by Gasteiger charge is 2.70. The van der Waals surface area contributed by atoms with Gasteiger partial charge >= 0.3 is 0 Å². The Bertz CT molecular complexity index is 2020. The second-order valence-electron chi connectivity index (χ2n) is 26.1. The van der Waals surface area contributed by atoms with E-state index in [0.29, 0.717) is 25.7 Å². The van der Waals surface area contributed by atoms with Gasteiger partial charge in [0.15, 0.2) is 25.2 Å². The maximum absolute atomic E-state index is 12.7. The predicted octanol–water partition coefficient (Wildman–Crippen LogP) is -1.81. The van der Waals surface area contributed by atoms with E-state index in [9.17, 15) is 76.6 Å². The zero-order valence-corrected chi connectivity index (χ0v) is 46.6. The van der Waals surface area contributed by atoms with Crippen molar-refractivity contribution in [3.8, 4) is 0 Å². The largest absolute Gasteiger partial charge is 0.394 e. The lowest BCUT2D eigenvalue weighted by Crippen LogP contribution is -2.65. The molecular weight excluding hydrogens is 1030 g/mol. The van der Waals surface area contributed by atoms with Crippen LogP contribution in [-0.2, 0) is 37.9 Å². The first kappa shape index (κ1) is 62.9. The third-order valence-corrected chi connectivity index (χ3v) is 21.0. The Labute approximate surface area is 457 Å². The molecule has 0 aromatic rings. The number of allylic oxidation sites excluding steroid dienone is 1. The molecule has 30 atom stereocenters. The van der Waals surface area contributed by atoms with E-state index >= 15 is 0 Å². The van der Waals surface area contributed by atoms with Gasteiger partial charge in [-0.25, -0.2) is 0 Å². The molecule has 0 radical (unpaired) electrons. The van der Waals surface area contributed by atoms with Crippen molar-refractivity contribution in [2.24, 2.45) is 45.3 Å². The van der Waals surface area contributed by atoms with Crippen molar-refractivity contribution < 1.29 is 114 Å². The summed E-state index contributed by atoms with van der Waals surface area (Å²) in [6.07, 6.45) is -25.7. The van der Waals surface area contributed by atoms with Gasteiger partial charge < -0.3 is 114 Å². The highest BCUT2D eigenvalue weighted by molar-refractivity contribution is 5.32. The van der Waals surface area contributed by atoms with Gasteiger partial charge in [0.2, 0.25) is 0 Å². The summed E-state index contributed by atoms with van der Waals surface area (Å²) in [5.74, 6) is 0.276. The molecule has 0 spiro atoms. The first-order valence-electron chi connectivity index (χ1n) is 28.4. The summed E-state index contributed by atoms with van der Waals surface area (Å²) in [6, 6.07) is 0. The van der Waals surface area contributed by atoms with Crippen molar-refractivity contribution >= 4 is 0 Å². The minimum atomic E-state index is -1.91. The van der Waals surface area contributed by atoms with Crippen molar-refractivity contribution in [1.29, 1.82) is 0 Å². The van der Waals surface area contributed by atoms with Gasteiger partial charge in [-0.3, -0.25) is 0 Å². The summed E-state index contributed by atoms with van der Waals surface area (Å²) in [4.78, 5) is 0. The minimum absolute atomic E-state index is 0.0160. The molecule has 3 saturated carbocycles. The Hall–Kier alpha value is -1.18. The molecule has 15 N–H and O–H groups in total. The molecule has 0 amide bonds. The van der Waals surface area contributed by atoms with Crippen LogP contribution in [0, 0.1) is 45.3 Å². The quantitative estimate of drug-likeness (QED) is 0.0714. The molecule has 23 heteroatoms. The van der Waals surface area contributed by atoms with Crippen LogP contribution in [0.4, 0.5) is 0 Å². The second kappa shape index (κ2) is 23.7. The van der Waals surface area contributed by atoms with E-state index in [1.165, 1.54) is 5.57 Å². The van der Waals surface area contributed by atoms with Crippen LogP contribution in [0.5, 0.6) is 0 Å². The normalized spacial score (nSPS) is 51.4. The average Bonchev–Trinajstić information content (AvgIpc) is 3.09. The standard InChI is InChI=1S/C55H94O23/c1-10-27-35(59)39(63)43(67)47(72-27)71-22-30-38(62)42(66)46(78-49-45(69)41(65)37(61)29(21-57)74-49)50(75-30)77-34(52(5,6)70)15-11-23(2)24-17-18-53(7)31-14-12-25-26(55(31,9)32(58)19-54(24,53)8)13-16-33(51(25,3)4)76-48-44(68)40(64)36(60)28(20-56)73-48/h12,23-24,26-50,56-70H,10-11,13-22H2,1-9H3/t23-,24?,26?,27-,28-,29+,30-,31?,32-,33+,34-,35-,36-,37+,38-,39+,40+,41-,42+,43-,44-,45+,46-,47+,48+,49-,50+,53+,54-,55+/m1/s1. The molecule has 452 valence electrons. The second-order valence-corrected chi connectivity index (χ2v) is 26.1. The zero-order valence-electron chi connectivity index (χ0n) is 46.6.